The molecule has 2 heterocycles. The number of hydrogen-bond donors (Lipinski definition) is 1. The summed E-state index contributed by atoms with van der Waals surface area (Å²) in [5.74, 6) is -0.143. The fraction of sp³-hybridized carbons (Fsp3) is 0.357. The third-order valence-electron chi connectivity index (χ3n) is 3.32. The van der Waals surface area contributed by atoms with Gasteiger partial charge >= 0.3 is 6.09 Å². The third kappa shape index (κ3) is 2.97. The zero-order chi connectivity index (χ0) is 14.7. The number of carbonyl (C=O) groups is 2. The molecule has 1 saturated heterocycles. The molecule has 2 amide bonds. The van der Waals surface area contributed by atoms with E-state index in [0.29, 0.717) is 31.8 Å². The van der Waals surface area contributed by atoms with Crippen LogP contribution >= 0.6 is 11.3 Å². The monoisotopic (exact) mass is 305 g/mol. The van der Waals surface area contributed by atoms with E-state index < -0.39 is 0 Å². The first-order valence-electron chi connectivity index (χ1n) is 6.78. The summed E-state index contributed by atoms with van der Waals surface area (Å²) in [6.45, 7) is 2.03. The highest BCUT2D eigenvalue weighted by Gasteiger charge is 2.19. The summed E-state index contributed by atoms with van der Waals surface area (Å²) in [7, 11) is 0. The zero-order valence-electron chi connectivity index (χ0n) is 11.4. The number of carbonyl (C=O) groups excluding carboxylic acids is 2. The van der Waals surface area contributed by atoms with E-state index in [0.717, 1.165) is 16.6 Å². The van der Waals surface area contributed by atoms with Crippen LogP contribution in [0, 0.1) is 0 Å². The number of nitrogens with zero attached hydrogens (tertiary/aromatic N) is 2. The molecular weight excluding hydrogens is 290 g/mol. The van der Waals surface area contributed by atoms with Crippen molar-refractivity contribution < 1.29 is 14.3 Å². The number of thiazole rings is 1. The highest BCUT2D eigenvalue weighted by Crippen LogP contribution is 2.21. The molecule has 1 N–H and O–H groups in total. The molecule has 0 spiro atoms. The molecule has 6 nitrogen and oxygen atoms in total. The Morgan fingerprint density at radius 2 is 2.38 bits per heavy atom. The van der Waals surface area contributed by atoms with Crippen molar-refractivity contribution in [1.82, 2.24) is 15.2 Å². The molecule has 2 aromatic rings. The maximum Gasteiger partial charge on any atom is 0.409 e. The van der Waals surface area contributed by atoms with E-state index >= 15 is 0 Å². The van der Waals surface area contributed by atoms with Gasteiger partial charge in [0.15, 0.2) is 0 Å². The molecule has 0 aliphatic carbocycles. The molecular formula is C14H15N3O3S. The van der Waals surface area contributed by atoms with Crippen LogP contribution in [0.3, 0.4) is 0 Å². The molecule has 7 heteroatoms. The third-order valence-corrected chi connectivity index (χ3v) is 4.20. The van der Waals surface area contributed by atoms with Gasteiger partial charge in [-0.3, -0.25) is 4.79 Å². The van der Waals surface area contributed by atoms with Gasteiger partial charge in [0.2, 0.25) is 0 Å². The second-order valence-electron chi connectivity index (χ2n) is 4.72. The molecule has 0 unspecified atom stereocenters. The van der Waals surface area contributed by atoms with Crippen LogP contribution < -0.4 is 5.32 Å². The lowest BCUT2D eigenvalue weighted by Gasteiger charge is -2.26. The minimum atomic E-state index is -0.306. The fourth-order valence-electron chi connectivity index (χ4n) is 2.27. The number of fused-ring (bicyclic) bond motifs is 1. The van der Waals surface area contributed by atoms with Gasteiger partial charge in [-0.25, -0.2) is 9.78 Å². The molecule has 1 aromatic carbocycles. The lowest BCUT2D eigenvalue weighted by Crippen LogP contribution is -2.42. The van der Waals surface area contributed by atoms with Crippen molar-refractivity contribution in [2.24, 2.45) is 0 Å². The van der Waals surface area contributed by atoms with Crippen LogP contribution in [-0.2, 0) is 4.74 Å². The Balaban J connectivity index is 1.59. The topological polar surface area (TPSA) is 71.5 Å². The van der Waals surface area contributed by atoms with Crippen LogP contribution in [-0.4, -0.2) is 48.1 Å². The van der Waals surface area contributed by atoms with E-state index in [9.17, 15) is 9.59 Å². The van der Waals surface area contributed by atoms with Gasteiger partial charge in [0, 0.05) is 19.6 Å². The number of rotatable bonds is 4. The second kappa shape index (κ2) is 6.09. The molecule has 21 heavy (non-hydrogen) atoms. The molecule has 0 atom stereocenters. The van der Waals surface area contributed by atoms with Gasteiger partial charge in [-0.1, -0.05) is 6.07 Å². The van der Waals surface area contributed by atoms with Gasteiger partial charge in [0.1, 0.15) is 0 Å². The molecule has 1 aliphatic rings. The zero-order valence-corrected chi connectivity index (χ0v) is 12.2. The summed E-state index contributed by atoms with van der Waals surface area (Å²) in [5.41, 5.74) is 3.18. The number of nitrogens with one attached hydrogen (secondary N) is 1. The average Bonchev–Trinajstić information content (AvgIpc) is 2.97. The molecule has 1 aromatic heterocycles. The maximum atomic E-state index is 12.2. The predicted molar refractivity (Wildman–Crippen MR) is 79.5 cm³/mol. The minimum absolute atomic E-state index is 0.143. The van der Waals surface area contributed by atoms with Crippen LogP contribution in [0.2, 0.25) is 0 Å². The standard InChI is InChI=1S/C14H15N3O3S/c18-13(10-3-1-4-11-12(10)21-9-16-11)15-5-7-17-6-2-8-20-14(17)19/h1,3-4,9H,2,5-8H2,(H,15,18). The van der Waals surface area contributed by atoms with E-state index in [1.165, 1.54) is 11.3 Å². The van der Waals surface area contributed by atoms with Crippen LogP contribution in [0.15, 0.2) is 23.7 Å². The predicted octanol–water partition coefficient (Wildman–Crippen LogP) is 1.87. The number of aromatic nitrogens is 1. The average molecular weight is 305 g/mol. The van der Waals surface area contributed by atoms with Crippen molar-refractivity contribution in [3.63, 3.8) is 0 Å². The van der Waals surface area contributed by atoms with Crippen molar-refractivity contribution in [3.05, 3.63) is 29.3 Å². The molecule has 0 radical (unpaired) electrons. The molecule has 3 rings (SSSR count). The molecule has 1 aliphatic heterocycles. The number of cyclic esters (lactones) is 1. The van der Waals surface area contributed by atoms with E-state index in [-0.39, 0.29) is 12.0 Å². The first kappa shape index (κ1) is 13.8. The number of amides is 2. The van der Waals surface area contributed by atoms with E-state index in [4.69, 9.17) is 4.74 Å². The SMILES string of the molecule is O=C(NCCN1CCCOC1=O)c1cccc2ncsc12. The van der Waals surface area contributed by atoms with E-state index in [1.807, 2.05) is 12.1 Å². The van der Waals surface area contributed by atoms with Gasteiger partial charge in [-0.15, -0.1) is 11.3 Å². The van der Waals surface area contributed by atoms with Crippen molar-refractivity contribution in [3.8, 4) is 0 Å². The van der Waals surface area contributed by atoms with Crippen molar-refractivity contribution in [1.29, 1.82) is 0 Å². The minimum Gasteiger partial charge on any atom is -0.449 e. The van der Waals surface area contributed by atoms with Gasteiger partial charge in [-0.05, 0) is 18.6 Å². The number of hydrogen-bond acceptors (Lipinski definition) is 5. The molecule has 0 bridgehead atoms. The second-order valence-corrected chi connectivity index (χ2v) is 5.57. The fourth-order valence-corrected chi connectivity index (χ4v) is 3.07. The summed E-state index contributed by atoms with van der Waals surface area (Å²) in [6, 6.07) is 5.48. The van der Waals surface area contributed by atoms with Crippen LogP contribution in [0.25, 0.3) is 10.2 Å². The number of benzene rings is 1. The summed E-state index contributed by atoms with van der Waals surface area (Å²) >= 11 is 1.45. The van der Waals surface area contributed by atoms with Gasteiger partial charge in [-0.2, -0.15) is 0 Å². The maximum absolute atomic E-state index is 12.2. The Morgan fingerprint density at radius 3 is 3.24 bits per heavy atom. The largest absolute Gasteiger partial charge is 0.449 e. The summed E-state index contributed by atoms with van der Waals surface area (Å²) in [6.07, 6.45) is 0.528. The van der Waals surface area contributed by atoms with Crippen molar-refractivity contribution >= 4 is 33.6 Å². The lowest BCUT2D eigenvalue weighted by molar-refractivity contribution is 0.0719. The van der Waals surface area contributed by atoms with Crippen LogP contribution in [0.4, 0.5) is 4.79 Å². The Morgan fingerprint density at radius 1 is 1.48 bits per heavy atom. The van der Waals surface area contributed by atoms with E-state index in [1.54, 1.807) is 16.5 Å². The first-order chi connectivity index (χ1) is 10.3. The van der Waals surface area contributed by atoms with Gasteiger partial charge in [0.05, 0.1) is 27.9 Å². The first-order valence-corrected chi connectivity index (χ1v) is 7.66. The number of ether oxygens (including phenoxy) is 1. The van der Waals surface area contributed by atoms with Crippen LogP contribution in [0.5, 0.6) is 0 Å². The smallest absolute Gasteiger partial charge is 0.409 e. The Labute approximate surface area is 125 Å². The lowest BCUT2D eigenvalue weighted by atomic mass is 10.2. The molecule has 0 saturated carbocycles. The van der Waals surface area contributed by atoms with Gasteiger partial charge < -0.3 is 15.0 Å². The van der Waals surface area contributed by atoms with Gasteiger partial charge in [0.25, 0.3) is 5.91 Å². The van der Waals surface area contributed by atoms with Crippen molar-refractivity contribution in [2.75, 3.05) is 26.2 Å². The Bertz CT molecular complexity index is 670. The highest BCUT2D eigenvalue weighted by atomic mass is 32.1. The Kier molecular flexibility index (Phi) is 4.01. The summed E-state index contributed by atoms with van der Waals surface area (Å²) in [5, 5.41) is 2.84. The summed E-state index contributed by atoms with van der Waals surface area (Å²) < 4.78 is 5.83. The van der Waals surface area contributed by atoms with E-state index in [2.05, 4.69) is 10.3 Å². The summed E-state index contributed by atoms with van der Waals surface area (Å²) in [4.78, 5) is 29.5. The van der Waals surface area contributed by atoms with Crippen molar-refractivity contribution in [2.45, 2.75) is 6.42 Å². The van der Waals surface area contributed by atoms with Crippen LogP contribution in [0.1, 0.15) is 16.8 Å². The highest BCUT2D eigenvalue weighted by molar-refractivity contribution is 7.17. The Hall–Kier alpha value is -2.15. The molecule has 110 valence electrons. The normalized spacial score (nSPS) is 15.0. The quantitative estimate of drug-likeness (QED) is 0.936. The molecule has 1 fully saturated rings.